The van der Waals surface area contributed by atoms with Crippen molar-refractivity contribution in [3.63, 3.8) is 0 Å². The van der Waals surface area contributed by atoms with Crippen LogP contribution in [0.3, 0.4) is 0 Å². The third-order valence-electron chi connectivity index (χ3n) is 2.39. The fourth-order valence-corrected chi connectivity index (χ4v) is 1.18. The molecule has 1 unspecified atom stereocenters. The minimum absolute atomic E-state index is 0.0692. The van der Waals surface area contributed by atoms with E-state index in [1.54, 1.807) is 4.90 Å². The first kappa shape index (κ1) is 13.9. The highest BCUT2D eigenvalue weighted by Crippen LogP contribution is 2.19. The topological polar surface area (TPSA) is 70.1 Å². The molecule has 4 heteroatoms. The van der Waals surface area contributed by atoms with Crippen LogP contribution in [0.25, 0.3) is 0 Å². The first-order valence-electron chi connectivity index (χ1n) is 5.26. The quantitative estimate of drug-likeness (QED) is 0.757. The zero-order valence-electron chi connectivity index (χ0n) is 10.1. The Morgan fingerprint density at radius 1 is 1.53 bits per heavy atom. The molecule has 0 fully saturated rings. The molecule has 0 aliphatic rings. The summed E-state index contributed by atoms with van der Waals surface area (Å²) in [5.74, 6) is -0.0692. The van der Waals surface area contributed by atoms with Crippen LogP contribution in [0.4, 0.5) is 0 Å². The largest absolute Gasteiger partial charge is 0.341 e. The Bertz CT molecular complexity index is 250. The van der Waals surface area contributed by atoms with Crippen molar-refractivity contribution in [1.82, 2.24) is 4.90 Å². The molecule has 0 aliphatic heterocycles. The van der Waals surface area contributed by atoms with Crippen molar-refractivity contribution in [2.45, 2.75) is 40.2 Å². The molecular formula is C11H21N3O. The van der Waals surface area contributed by atoms with Crippen LogP contribution in [0, 0.1) is 16.7 Å². The molecule has 0 aliphatic carbocycles. The second kappa shape index (κ2) is 5.72. The lowest BCUT2D eigenvalue weighted by atomic mass is 9.86. The predicted molar refractivity (Wildman–Crippen MR) is 59.9 cm³/mol. The van der Waals surface area contributed by atoms with Gasteiger partial charge in [0.25, 0.3) is 0 Å². The van der Waals surface area contributed by atoms with Gasteiger partial charge in [-0.15, -0.1) is 0 Å². The maximum atomic E-state index is 11.9. The molecular weight excluding hydrogens is 190 g/mol. The van der Waals surface area contributed by atoms with Crippen LogP contribution in [0.1, 0.15) is 34.1 Å². The number of likely N-dealkylation sites (N-methyl/N-ethyl adjacent to an activating group) is 1. The van der Waals surface area contributed by atoms with Gasteiger partial charge >= 0.3 is 0 Å². The van der Waals surface area contributed by atoms with Crippen molar-refractivity contribution in [2.24, 2.45) is 11.1 Å². The van der Waals surface area contributed by atoms with E-state index in [4.69, 9.17) is 11.0 Å². The van der Waals surface area contributed by atoms with E-state index in [0.717, 1.165) is 0 Å². The number of amides is 1. The average Bonchev–Trinajstić information content (AvgIpc) is 2.16. The van der Waals surface area contributed by atoms with Crippen LogP contribution in [0.5, 0.6) is 0 Å². The molecule has 2 N–H and O–H groups in total. The SMILES string of the molecule is CCN(CCC#N)C(=O)C(N)C(C)(C)C. The number of nitrogens with zero attached hydrogens (tertiary/aromatic N) is 2. The number of rotatable bonds is 4. The van der Waals surface area contributed by atoms with Gasteiger partial charge in [0, 0.05) is 13.1 Å². The van der Waals surface area contributed by atoms with Gasteiger partial charge in [-0.1, -0.05) is 20.8 Å². The maximum Gasteiger partial charge on any atom is 0.240 e. The summed E-state index contributed by atoms with van der Waals surface area (Å²) in [6.45, 7) is 8.78. The van der Waals surface area contributed by atoms with Crippen molar-refractivity contribution in [2.75, 3.05) is 13.1 Å². The second-order valence-electron chi connectivity index (χ2n) is 4.67. The van der Waals surface area contributed by atoms with Crippen molar-refractivity contribution in [3.8, 4) is 6.07 Å². The first-order chi connectivity index (χ1) is 6.84. The lowest BCUT2D eigenvalue weighted by Gasteiger charge is -2.31. The number of carbonyl (C=O) groups is 1. The first-order valence-corrected chi connectivity index (χ1v) is 5.26. The summed E-state index contributed by atoms with van der Waals surface area (Å²) in [5, 5.41) is 8.47. The van der Waals surface area contributed by atoms with Crippen molar-refractivity contribution in [1.29, 1.82) is 5.26 Å². The molecule has 0 saturated carbocycles. The van der Waals surface area contributed by atoms with Crippen LogP contribution >= 0.6 is 0 Å². The van der Waals surface area contributed by atoms with Gasteiger partial charge in [0.15, 0.2) is 0 Å². The molecule has 0 bridgehead atoms. The van der Waals surface area contributed by atoms with Crippen molar-refractivity contribution in [3.05, 3.63) is 0 Å². The molecule has 0 aromatic heterocycles. The minimum atomic E-state index is -0.504. The molecule has 86 valence electrons. The highest BCUT2D eigenvalue weighted by atomic mass is 16.2. The Morgan fingerprint density at radius 2 is 2.07 bits per heavy atom. The van der Waals surface area contributed by atoms with Crippen LogP contribution in [-0.2, 0) is 4.79 Å². The maximum absolute atomic E-state index is 11.9. The van der Waals surface area contributed by atoms with Crippen LogP contribution < -0.4 is 5.73 Å². The van der Waals surface area contributed by atoms with Gasteiger partial charge in [-0.3, -0.25) is 4.79 Å². The molecule has 1 atom stereocenters. The van der Waals surface area contributed by atoms with E-state index in [1.807, 2.05) is 33.8 Å². The average molecular weight is 211 g/mol. The highest BCUT2D eigenvalue weighted by Gasteiger charge is 2.30. The minimum Gasteiger partial charge on any atom is -0.341 e. The van der Waals surface area contributed by atoms with Crippen LogP contribution in [-0.4, -0.2) is 29.9 Å². The Kier molecular flexibility index (Phi) is 5.31. The van der Waals surface area contributed by atoms with Gasteiger partial charge in [0.1, 0.15) is 0 Å². The summed E-state index contributed by atoms with van der Waals surface area (Å²) in [5.41, 5.74) is 5.63. The molecule has 4 nitrogen and oxygen atoms in total. The standard InChI is InChI=1S/C11H21N3O/c1-5-14(8-6-7-12)10(15)9(13)11(2,3)4/h9H,5-6,8,13H2,1-4H3. The molecule has 0 heterocycles. The normalized spacial score (nSPS) is 13.1. The second-order valence-corrected chi connectivity index (χ2v) is 4.67. The van der Waals surface area contributed by atoms with Gasteiger partial charge in [-0.2, -0.15) is 5.26 Å². The Balaban J connectivity index is 4.46. The highest BCUT2D eigenvalue weighted by molar-refractivity contribution is 5.82. The third-order valence-corrected chi connectivity index (χ3v) is 2.39. The Morgan fingerprint density at radius 3 is 2.40 bits per heavy atom. The zero-order chi connectivity index (χ0) is 12.1. The number of nitrogens with two attached hydrogens (primary N) is 1. The lowest BCUT2D eigenvalue weighted by molar-refractivity contribution is -0.134. The monoisotopic (exact) mass is 211 g/mol. The van der Waals surface area contributed by atoms with Crippen LogP contribution in [0.2, 0.25) is 0 Å². The molecule has 0 aromatic rings. The molecule has 1 amide bonds. The fraction of sp³-hybridized carbons (Fsp3) is 0.818. The molecule has 0 radical (unpaired) electrons. The number of carbonyl (C=O) groups excluding carboxylic acids is 1. The number of hydrogen-bond acceptors (Lipinski definition) is 3. The summed E-state index contributed by atoms with van der Waals surface area (Å²) in [7, 11) is 0. The Hall–Kier alpha value is -1.08. The van der Waals surface area contributed by atoms with Crippen molar-refractivity contribution < 1.29 is 4.79 Å². The van der Waals surface area contributed by atoms with E-state index < -0.39 is 6.04 Å². The summed E-state index contributed by atoms with van der Waals surface area (Å²) >= 11 is 0. The van der Waals surface area contributed by atoms with E-state index in [0.29, 0.717) is 19.5 Å². The van der Waals surface area contributed by atoms with Gasteiger partial charge < -0.3 is 10.6 Å². The van der Waals surface area contributed by atoms with E-state index in [9.17, 15) is 4.79 Å². The third kappa shape index (κ3) is 4.30. The van der Waals surface area contributed by atoms with Crippen molar-refractivity contribution >= 4 is 5.91 Å². The lowest BCUT2D eigenvalue weighted by Crippen LogP contribution is -2.50. The summed E-state index contributed by atoms with van der Waals surface area (Å²) in [6, 6.07) is 1.53. The molecule has 0 rings (SSSR count). The predicted octanol–water partition coefficient (Wildman–Crippen LogP) is 1.12. The van der Waals surface area contributed by atoms with E-state index in [2.05, 4.69) is 0 Å². The zero-order valence-corrected chi connectivity index (χ0v) is 10.1. The van der Waals surface area contributed by atoms with E-state index in [-0.39, 0.29) is 11.3 Å². The molecule has 0 saturated heterocycles. The Labute approximate surface area is 92.0 Å². The fourth-order valence-electron chi connectivity index (χ4n) is 1.18. The molecule has 0 spiro atoms. The molecule has 15 heavy (non-hydrogen) atoms. The van der Waals surface area contributed by atoms with Crippen LogP contribution in [0.15, 0.2) is 0 Å². The smallest absolute Gasteiger partial charge is 0.240 e. The van der Waals surface area contributed by atoms with E-state index in [1.165, 1.54) is 0 Å². The van der Waals surface area contributed by atoms with Gasteiger partial charge in [-0.25, -0.2) is 0 Å². The van der Waals surface area contributed by atoms with E-state index >= 15 is 0 Å². The van der Waals surface area contributed by atoms with Gasteiger partial charge in [-0.05, 0) is 12.3 Å². The number of hydrogen-bond donors (Lipinski definition) is 1. The van der Waals surface area contributed by atoms with Gasteiger partial charge in [0.05, 0.1) is 18.5 Å². The molecule has 0 aromatic carbocycles. The summed E-state index contributed by atoms with van der Waals surface area (Å²) < 4.78 is 0. The summed E-state index contributed by atoms with van der Waals surface area (Å²) in [4.78, 5) is 13.6. The number of nitriles is 1. The van der Waals surface area contributed by atoms with Gasteiger partial charge in [0.2, 0.25) is 5.91 Å². The summed E-state index contributed by atoms with van der Waals surface area (Å²) in [6.07, 6.45) is 0.358.